The number of amides is 1. The molecule has 8 heteroatoms. The van der Waals surface area contributed by atoms with Crippen LogP contribution < -0.4 is 15.1 Å². The summed E-state index contributed by atoms with van der Waals surface area (Å²) in [5.41, 5.74) is 2.07. The van der Waals surface area contributed by atoms with Gasteiger partial charge in [0.05, 0.1) is 31.1 Å². The Morgan fingerprint density at radius 1 is 1.22 bits per heavy atom. The van der Waals surface area contributed by atoms with Gasteiger partial charge in [0.15, 0.2) is 6.54 Å². The van der Waals surface area contributed by atoms with Crippen LogP contribution in [0.4, 0.5) is 17.1 Å². The van der Waals surface area contributed by atoms with Crippen molar-refractivity contribution < 1.29 is 19.7 Å². The summed E-state index contributed by atoms with van der Waals surface area (Å²) in [5, 5.41) is 23.1. The maximum absolute atomic E-state index is 12.3. The number of phenolic OH excluding ortho intramolecular Hbond substituents is 1. The average molecular weight is 371 g/mol. The molecule has 0 saturated carbocycles. The number of nitro benzene ring substituents is 1. The molecule has 2 aromatic carbocycles. The number of aryl methyl sites for hydroxylation is 1. The third-order valence-electron chi connectivity index (χ3n) is 4.79. The molecule has 0 bridgehead atoms. The maximum Gasteiger partial charge on any atom is 0.279 e. The lowest BCUT2D eigenvalue weighted by molar-refractivity contribution is -0.892. The van der Waals surface area contributed by atoms with Crippen molar-refractivity contribution in [2.75, 3.05) is 42.9 Å². The van der Waals surface area contributed by atoms with Crippen molar-refractivity contribution >= 4 is 23.0 Å². The Balaban J connectivity index is 1.52. The summed E-state index contributed by atoms with van der Waals surface area (Å²) in [5.74, 6) is 0.0947. The normalized spacial score (nSPS) is 14.8. The number of rotatable bonds is 5. The first-order valence-electron chi connectivity index (χ1n) is 8.85. The van der Waals surface area contributed by atoms with E-state index >= 15 is 0 Å². The van der Waals surface area contributed by atoms with Gasteiger partial charge in [-0.05, 0) is 37.3 Å². The minimum absolute atomic E-state index is 0.00246. The number of quaternary nitrogens is 1. The zero-order chi connectivity index (χ0) is 19.4. The summed E-state index contributed by atoms with van der Waals surface area (Å²) in [7, 11) is 0. The number of piperazine rings is 1. The third-order valence-corrected chi connectivity index (χ3v) is 4.79. The van der Waals surface area contributed by atoms with Gasteiger partial charge in [-0.25, -0.2) is 0 Å². The van der Waals surface area contributed by atoms with E-state index in [1.54, 1.807) is 31.2 Å². The Labute approximate surface area is 157 Å². The fourth-order valence-corrected chi connectivity index (χ4v) is 3.24. The number of hydrogen-bond donors (Lipinski definition) is 3. The fraction of sp³-hybridized carbons (Fsp3) is 0.316. The van der Waals surface area contributed by atoms with Gasteiger partial charge in [0.2, 0.25) is 0 Å². The first kappa shape index (κ1) is 18.7. The van der Waals surface area contributed by atoms with E-state index in [-0.39, 0.29) is 17.3 Å². The largest absolute Gasteiger partial charge is 0.508 e. The maximum atomic E-state index is 12.3. The number of nitro groups is 1. The predicted molar refractivity (Wildman–Crippen MR) is 102 cm³/mol. The molecule has 3 N–H and O–H groups in total. The summed E-state index contributed by atoms with van der Waals surface area (Å²) in [4.78, 5) is 26.3. The van der Waals surface area contributed by atoms with Gasteiger partial charge in [-0.1, -0.05) is 6.07 Å². The van der Waals surface area contributed by atoms with Crippen LogP contribution >= 0.6 is 0 Å². The molecule has 8 nitrogen and oxygen atoms in total. The van der Waals surface area contributed by atoms with Crippen LogP contribution in [0.1, 0.15) is 5.56 Å². The van der Waals surface area contributed by atoms with Crippen molar-refractivity contribution in [3.05, 3.63) is 58.1 Å². The van der Waals surface area contributed by atoms with E-state index in [9.17, 15) is 20.0 Å². The second kappa shape index (κ2) is 8.05. The highest BCUT2D eigenvalue weighted by Crippen LogP contribution is 2.22. The van der Waals surface area contributed by atoms with E-state index in [1.165, 1.54) is 11.0 Å². The fourth-order valence-electron chi connectivity index (χ4n) is 3.24. The van der Waals surface area contributed by atoms with Crippen molar-refractivity contribution in [2.24, 2.45) is 0 Å². The first-order chi connectivity index (χ1) is 12.9. The lowest BCUT2D eigenvalue weighted by atomic mass is 10.2. The molecule has 1 heterocycles. The number of nitrogens with zero attached hydrogens (tertiary/aromatic N) is 2. The average Bonchev–Trinajstić information content (AvgIpc) is 2.64. The van der Waals surface area contributed by atoms with Crippen molar-refractivity contribution in [1.82, 2.24) is 0 Å². The SMILES string of the molecule is Cc1ccc(NC(=O)C[NH+]2CCN(c3ccc(O)cc3)CC2)cc1[N+](=O)[O-]. The van der Waals surface area contributed by atoms with Gasteiger partial charge >= 0.3 is 0 Å². The van der Waals surface area contributed by atoms with Crippen molar-refractivity contribution in [3.8, 4) is 5.75 Å². The number of benzene rings is 2. The second-order valence-electron chi connectivity index (χ2n) is 6.74. The number of nitrogens with one attached hydrogen (secondary N) is 2. The highest BCUT2D eigenvalue weighted by atomic mass is 16.6. The number of carbonyl (C=O) groups excluding carboxylic acids is 1. The Morgan fingerprint density at radius 3 is 2.52 bits per heavy atom. The zero-order valence-corrected chi connectivity index (χ0v) is 15.1. The van der Waals surface area contributed by atoms with Crippen LogP contribution in [0.2, 0.25) is 0 Å². The standard InChI is InChI=1S/C19H22N4O4/c1-14-2-3-15(12-18(14)23(26)27)20-19(25)13-21-8-10-22(11-9-21)16-4-6-17(24)7-5-16/h2-7,12,24H,8-11,13H2,1H3,(H,20,25)/p+1. The topological polar surface area (TPSA) is 100 Å². The van der Waals surface area contributed by atoms with E-state index in [0.717, 1.165) is 31.9 Å². The monoisotopic (exact) mass is 371 g/mol. The number of hydrogen-bond acceptors (Lipinski definition) is 5. The molecule has 1 fully saturated rings. The molecule has 0 atom stereocenters. The highest BCUT2D eigenvalue weighted by Gasteiger charge is 2.22. The molecule has 0 spiro atoms. The number of carbonyl (C=O) groups is 1. The van der Waals surface area contributed by atoms with Crippen LogP contribution in [0.25, 0.3) is 0 Å². The summed E-state index contributed by atoms with van der Waals surface area (Å²) in [6, 6.07) is 11.8. The van der Waals surface area contributed by atoms with E-state index < -0.39 is 4.92 Å². The van der Waals surface area contributed by atoms with Gasteiger partial charge in [0, 0.05) is 23.0 Å². The lowest BCUT2D eigenvalue weighted by Gasteiger charge is -2.33. The van der Waals surface area contributed by atoms with Crippen LogP contribution in [0.3, 0.4) is 0 Å². The molecule has 1 aliphatic rings. The molecule has 27 heavy (non-hydrogen) atoms. The van der Waals surface area contributed by atoms with E-state index in [4.69, 9.17) is 0 Å². The van der Waals surface area contributed by atoms with Gasteiger partial charge < -0.3 is 20.2 Å². The molecule has 1 amide bonds. The van der Waals surface area contributed by atoms with Crippen molar-refractivity contribution in [2.45, 2.75) is 6.92 Å². The Kier molecular flexibility index (Phi) is 5.56. The quantitative estimate of drug-likeness (QED) is 0.537. The first-order valence-corrected chi connectivity index (χ1v) is 8.85. The van der Waals surface area contributed by atoms with Crippen molar-refractivity contribution in [3.63, 3.8) is 0 Å². The smallest absolute Gasteiger partial charge is 0.279 e. The lowest BCUT2D eigenvalue weighted by Crippen LogP contribution is -3.15. The van der Waals surface area contributed by atoms with Crippen molar-refractivity contribution in [1.29, 1.82) is 0 Å². The van der Waals surface area contributed by atoms with Crippen LogP contribution in [-0.4, -0.2) is 48.7 Å². The summed E-state index contributed by atoms with van der Waals surface area (Å²) in [6.07, 6.45) is 0. The molecule has 1 saturated heterocycles. The molecule has 0 aliphatic carbocycles. The Hall–Kier alpha value is -3.13. The van der Waals surface area contributed by atoms with Crippen LogP contribution in [0.15, 0.2) is 42.5 Å². The predicted octanol–water partition coefficient (Wildman–Crippen LogP) is 0.952. The number of anilines is 2. The van der Waals surface area contributed by atoms with Gasteiger partial charge in [-0.15, -0.1) is 0 Å². The van der Waals surface area contributed by atoms with E-state index in [0.29, 0.717) is 17.8 Å². The Morgan fingerprint density at radius 2 is 1.89 bits per heavy atom. The second-order valence-corrected chi connectivity index (χ2v) is 6.74. The van der Waals surface area contributed by atoms with Gasteiger partial charge in [0.1, 0.15) is 5.75 Å². The molecule has 2 aromatic rings. The summed E-state index contributed by atoms with van der Waals surface area (Å²) >= 11 is 0. The van der Waals surface area contributed by atoms with Gasteiger partial charge in [0.25, 0.3) is 11.6 Å². The molecule has 142 valence electrons. The van der Waals surface area contributed by atoms with E-state index in [1.807, 2.05) is 12.1 Å². The molecule has 0 unspecified atom stereocenters. The van der Waals surface area contributed by atoms with E-state index in [2.05, 4.69) is 10.2 Å². The Bertz CT molecular complexity index is 830. The van der Waals surface area contributed by atoms with Gasteiger partial charge in [-0.2, -0.15) is 0 Å². The van der Waals surface area contributed by atoms with Gasteiger partial charge in [-0.3, -0.25) is 14.9 Å². The van der Waals surface area contributed by atoms with Crippen LogP contribution in [0.5, 0.6) is 5.75 Å². The number of phenols is 1. The molecule has 0 aromatic heterocycles. The molecular weight excluding hydrogens is 348 g/mol. The summed E-state index contributed by atoms with van der Waals surface area (Å²) in [6.45, 7) is 5.28. The molecule has 3 rings (SSSR count). The summed E-state index contributed by atoms with van der Waals surface area (Å²) < 4.78 is 0. The van der Waals surface area contributed by atoms with Crippen LogP contribution in [-0.2, 0) is 4.79 Å². The minimum atomic E-state index is -0.446. The third kappa shape index (κ3) is 4.73. The highest BCUT2D eigenvalue weighted by molar-refractivity contribution is 5.91. The zero-order valence-electron chi connectivity index (χ0n) is 15.1. The van der Waals surface area contributed by atoms with Crippen LogP contribution in [0, 0.1) is 17.0 Å². The molecule has 1 aliphatic heterocycles. The minimum Gasteiger partial charge on any atom is -0.508 e. The molecular formula is C19H23N4O4+. The number of aromatic hydroxyl groups is 1. The molecule has 0 radical (unpaired) electrons.